The minimum atomic E-state index is -0.445. The second kappa shape index (κ2) is 5.81. The second-order valence-corrected chi connectivity index (χ2v) is 4.72. The van der Waals surface area contributed by atoms with Crippen molar-refractivity contribution in [2.24, 2.45) is 0 Å². The maximum absolute atomic E-state index is 13.8. The van der Waals surface area contributed by atoms with E-state index in [0.29, 0.717) is 17.1 Å². The van der Waals surface area contributed by atoms with Crippen molar-refractivity contribution in [1.82, 2.24) is 10.2 Å². The van der Waals surface area contributed by atoms with Gasteiger partial charge in [-0.05, 0) is 23.8 Å². The highest BCUT2D eigenvalue weighted by Crippen LogP contribution is 2.34. The minimum Gasteiger partial charge on any atom is -0.493 e. The molecule has 0 unspecified atom stereocenters. The summed E-state index contributed by atoms with van der Waals surface area (Å²) in [4.78, 5) is 0. The van der Waals surface area contributed by atoms with Crippen LogP contribution in [0.1, 0.15) is 0 Å². The van der Waals surface area contributed by atoms with Gasteiger partial charge in [0.15, 0.2) is 17.4 Å². The first kappa shape index (κ1) is 14.0. The fourth-order valence-corrected chi connectivity index (χ4v) is 2.30. The van der Waals surface area contributed by atoms with Crippen LogP contribution in [-0.2, 0) is 0 Å². The third-order valence-electron chi connectivity index (χ3n) is 3.35. The van der Waals surface area contributed by atoms with E-state index in [-0.39, 0.29) is 5.75 Å². The predicted molar refractivity (Wildman–Crippen MR) is 83.8 cm³/mol. The van der Waals surface area contributed by atoms with Crippen molar-refractivity contribution in [3.05, 3.63) is 60.4 Å². The van der Waals surface area contributed by atoms with Crippen LogP contribution in [0.25, 0.3) is 22.4 Å². The van der Waals surface area contributed by atoms with Crippen LogP contribution < -0.4 is 10.5 Å². The van der Waals surface area contributed by atoms with Gasteiger partial charge in [-0.15, -0.1) is 10.2 Å². The Kier molecular flexibility index (Phi) is 3.70. The van der Waals surface area contributed by atoms with Crippen molar-refractivity contribution < 1.29 is 9.13 Å². The molecule has 0 aliphatic heterocycles. The third-order valence-corrected chi connectivity index (χ3v) is 3.35. The Bertz CT molecular complexity index is 806. The Balaban J connectivity index is 2.17. The SMILES string of the molecule is COc1c(F)cccc1-c1cc(-c2ccccc2)c(N)nn1. The zero-order valence-electron chi connectivity index (χ0n) is 12.0. The average molecular weight is 295 g/mol. The standard InChI is InChI=1S/C17H14FN3O/c1-22-16-12(8-5-9-14(16)18)15-10-13(17(19)21-20-15)11-6-3-2-4-7-11/h2-10H,1H3,(H2,19,21). The molecule has 0 amide bonds. The molecule has 2 aromatic carbocycles. The Morgan fingerprint density at radius 1 is 0.955 bits per heavy atom. The summed E-state index contributed by atoms with van der Waals surface area (Å²) in [6.07, 6.45) is 0. The number of anilines is 1. The summed E-state index contributed by atoms with van der Waals surface area (Å²) in [5.74, 6) is 0.0192. The number of hydrogen-bond donors (Lipinski definition) is 1. The number of aromatic nitrogens is 2. The van der Waals surface area contributed by atoms with E-state index in [2.05, 4.69) is 10.2 Å². The number of ether oxygens (including phenoxy) is 1. The molecule has 22 heavy (non-hydrogen) atoms. The molecule has 0 saturated heterocycles. The van der Waals surface area contributed by atoms with E-state index in [1.54, 1.807) is 18.2 Å². The van der Waals surface area contributed by atoms with Crippen LogP contribution in [0.3, 0.4) is 0 Å². The number of nitrogen functional groups attached to an aromatic ring is 1. The van der Waals surface area contributed by atoms with Crippen LogP contribution in [0.2, 0.25) is 0 Å². The summed E-state index contributed by atoms with van der Waals surface area (Å²) in [5, 5.41) is 8.05. The van der Waals surface area contributed by atoms with Gasteiger partial charge >= 0.3 is 0 Å². The van der Waals surface area contributed by atoms with Crippen molar-refractivity contribution in [2.75, 3.05) is 12.8 Å². The predicted octanol–water partition coefficient (Wildman–Crippen LogP) is 3.54. The summed E-state index contributed by atoms with van der Waals surface area (Å²) in [6, 6.07) is 16.1. The fraction of sp³-hybridized carbons (Fsp3) is 0.0588. The van der Waals surface area contributed by atoms with Gasteiger partial charge in [0.1, 0.15) is 0 Å². The summed E-state index contributed by atoms with van der Waals surface area (Å²) in [6.45, 7) is 0. The number of benzene rings is 2. The highest BCUT2D eigenvalue weighted by atomic mass is 19.1. The lowest BCUT2D eigenvalue weighted by atomic mass is 10.0. The molecule has 0 spiro atoms. The fourth-order valence-electron chi connectivity index (χ4n) is 2.30. The van der Waals surface area contributed by atoms with E-state index in [1.807, 2.05) is 30.3 Å². The Hall–Kier alpha value is -2.95. The van der Waals surface area contributed by atoms with Crippen molar-refractivity contribution in [2.45, 2.75) is 0 Å². The number of nitrogens with zero attached hydrogens (tertiary/aromatic N) is 2. The van der Waals surface area contributed by atoms with Gasteiger partial charge in [0.2, 0.25) is 0 Å². The third kappa shape index (κ3) is 2.48. The number of methoxy groups -OCH3 is 1. The van der Waals surface area contributed by atoms with Gasteiger partial charge in [-0.1, -0.05) is 36.4 Å². The van der Waals surface area contributed by atoms with Gasteiger partial charge < -0.3 is 10.5 Å². The van der Waals surface area contributed by atoms with Crippen molar-refractivity contribution in [3.63, 3.8) is 0 Å². The number of nitrogens with two attached hydrogens (primary N) is 1. The van der Waals surface area contributed by atoms with Gasteiger partial charge in [0, 0.05) is 11.1 Å². The molecule has 5 heteroatoms. The lowest BCUT2D eigenvalue weighted by Gasteiger charge is -2.10. The van der Waals surface area contributed by atoms with Gasteiger partial charge in [-0.25, -0.2) is 4.39 Å². The van der Waals surface area contributed by atoms with Gasteiger partial charge in [-0.3, -0.25) is 0 Å². The van der Waals surface area contributed by atoms with E-state index in [1.165, 1.54) is 13.2 Å². The highest BCUT2D eigenvalue weighted by Gasteiger charge is 2.14. The highest BCUT2D eigenvalue weighted by molar-refractivity contribution is 5.79. The normalized spacial score (nSPS) is 10.5. The largest absolute Gasteiger partial charge is 0.493 e. The molecule has 1 aromatic heterocycles. The summed E-state index contributed by atoms with van der Waals surface area (Å²) >= 11 is 0. The van der Waals surface area contributed by atoms with E-state index >= 15 is 0 Å². The summed E-state index contributed by atoms with van der Waals surface area (Å²) in [7, 11) is 1.42. The molecule has 0 atom stereocenters. The molecule has 3 aromatic rings. The zero-order chi connectivity index (χ0) is 15.5. The second-order valence-electron chi connectivity index (χ2n) is 4.72. The maximum Gasteiger partial charge on any atom is 0.165 e. The first-order valence-electron chi connectivity index (χ1n) is 6.72. The minimum absolute atomic E-state index is 0.139. The first-order valence-corrected chi connectivity index (χ1v) is 6.72. The molecule has 110 valence electrons. The van der Waals surface area contributed by atoms with Gasteiger partial charge in [0.05, 0.1) is 12.8 Å². The van der Waals surface area contributed by atoms with Crippen LogP contribution >= 0.6 is 0 Å². The van der Waals surface area contributed by atoms with E-state index in [9.17, 15) is 4.39 Å². The quantitative estimate of drug-likeness (QED) is 0.803. The Labute approximate surface area is 127 Å². The van der Waals surface area contributed by atoms with Crippen LogP contribution in [0.15, 0.2) is 54.6 Å². The van der Waals surface area contributed by atoms with E-state index in [4.69, 9.17) is 10.5 Å². The van der Waals surface area contributed by atoms with Gasteiger partial charge in [-0.2, -0.15) is 0 Å². The number of hydrogen-bond acceptors (Lipinski definition) is 4. The van der Waals surface area contributed by atoms with Crippen molar-refractivity contribution >= 4 is 5.82 Å². The van der Waals surface area contributed by atoms with Crippen molar-refractivity contribution in [1.29, 1.82) is 0 Å². The Morgan fingerprint density at radius 2 is 1.73 bits per heavy atom. The molecule has 0 fully saturated rings. The number of halogens is 1. The Morgan fingerprint density at radius 3 is 2.45 bits per heavy atom. The molecule has 3 rings (SSSR count). The lowest BCUT2D eigenvalue weighted by molar-refractivity contribution is 0.388. The molecule has 2 N–H and O–H groups in total. The van der Waals surface area contributed by atoms with Crippen LogP contribution in [0.4, 0.5) is 10.2 Å². The smallest absolute Gasteiger partial charge is 0.165 e. The molecule has 0 bridgehead atoms. The zero-order valence-corrected chi connectivity index (χ0v) is 12.0. The summed E-state index contributed by atoms with van der Waals surface area (Å²) < 4.78 is 19.0. The van der Waals surface area contributed by atoms with Crippen LogP contribution in [-0.4, -0.2) is 17.3 Å². The molecule has 0 aliphatic rings. The molecule has 4 nitrogen and oxygen atoms in total. The molecular weight excluding hydrogens is 281 g/mol. The number of rotatable bonds is 3. The molecule has 0 radical (unpaired) electrons. The van der Waals surface area contributed by atoms with E-state index < -0.39 is 5.82 Å². The maximum atomic E-state index is 13.8. The average Bonchev–Trinajstić information content (AvgIpc) is 2.56. The van der Waals surface area contributed by atoms with E-state index in [0.717, 1.165) is 11.1 Å². The van der Waals surface area contributed by atoms with Crippen molar-refractivity contribution in [3.8, 4) is 28.1 Å². The van der Waals surface area contributed by atoms with Crippen LogP contribution in [0.5, 0.6) is 5.75 Å². The summed E-state index contributed by atoms with van der Waals surface area (Å²) in [5.41, 5.74) is 8.63. The van der Waals surface area contributed by atoms with Gasteiger partial charge in [0.25, 0.3) is 0 Å². The number of para-hydroxylation sites is 1. The molecular formula is C17H14FN3O. The molecule has 0 aliphatic carbocycles. The first-order chi connectivity index (χ1) is 10.7. The topological polar surface area (TPSA) is 61.0 Å². The molecule has 0 saturated carbocycles. The lowest BCUT2D eigenvalue weighted by Crippen LogP contribution is -2.00. The monoisotopic (exact) mass is 295 g/mol. The molecule has 1 heterocycles. The van der Waals surface area contributed by atoms with Crippen LogP contribution in [0, 0.1) is 5.82 Å².